The first kappa shape index (κ1) is 51.6. The second-order valence-corrected chi connectivity index (χ2v) is 22.0. The maximum atomic E-state index is 13.9. The third-order valence-electron chi connectivity index (χ3n) is 18.2. The van der Waals surface area contributed by atoms with E-state index in [1.165, 1.54) is 6.29 Å². The van der Waals surface area contributed by atoms with E-state index in [0.717, 1.165) is 31.3 Å². The number of hydrogen-bond acceptors (Lipinski definition) is 18. The van der Waals surface area contributed by atoms with Crippen molar-refractivity contribution in [2.75, 3.05) is 26.4 Å². The van der Waals surface area contributed by atoms with Gasteiger partial charge < -0.3 is 89.4 Å². The molecule has 0 radical (unpaired) electrons. The topological polar surface area (TPSA) is 295 Å². The maximum Gasteiger partial charge on any atom is 0.187 e. The van der Waals surface area contributed by atoms with Crippen molar-refractivity contribution in [1.29, 1.82) is 0 Å². The number of aliphatic hydroxyl groups excluding tert-OH is 10. The van der Waals surface area contributed by atoms with Gasteiger partial charge in [-0.15, -0.1) is 0 Å². The van der Waals surface area contributed by atoms with Crippen molar-refractivity contribution < 1.29 is 89.4 Å². The molecule has 0 unspecified atom stereocenters. The fraction of sp³-hybridized carbons (Fsp3) is 0.936. The predicted molar refractivity (Wildman–Crippen MR) is 228 cm³/mol. The van der Waals surface area contributed by atoms with Gasteiger partial charge in [0, 0.05) is 5.41 Å². The van der Waals surface area contributed by atoms with Gasteiger partial charge in [-0.05, 0) is 118 Å². The molecule has 65 heavy (non-hydrogen) atoms. The van der Waals surface area contributed by atoms with Gasteiger partial charge in [0.1, 0.15) is 73.4 Å². The molecule has 4 saturated carbocycles. The fourth-order valence-corrected chi connectivity index (χ4v) is 14.3. The Morgan fingerprint density at radius 3 is 1.92 bits per heavy atom. The number of ether oxygens (including phenoxy) is 6. The number of carbonyl (C=O) groups is 1. The quantitative estimate of drug-likeness (QED) is 0.0611. The van der Waals surface area contributed by atoms with Crippen LogP contribution in [-0.4, -0.2) is 187 Å². The Labute approximate surface area is 381 Å². The molecule has 0 spiro atoms. The lowest BCUT2D eigenvalue weighted by Gasteiger charge is -2.69. The van der Waals surface area contributed by atoms with Crippen LogP contribution in [0.2, 0.25) is 0 Å². The molecular formula is C47H78O18. The molecule has 11 N–H and O–H groups in total. The number of aliphatic hydroxyl groups is 11. The maximum absolute atomic E-state index is 13.9. The highest BCUT2D eigenvalue weighted by Crippen LogP contribution is 2.75. The van der Waals surface area contributed by atoms with E-state index in [1.54, 1.807) is 0 Å². The van der Waals surface area contributed by atoms with Gasteiger partial charge in [-0.25, -0.2) is 0 Å². The molecule has 3 saturated heterocycles. The van der Waals surface area contributed by atoms with Gasteiger partial charge in [0.2, 0.25) is 0 Å². The van der Waals surface area contributed by atoms with Crippen molar-refractivity contribution in [1.82, 2.24) is 0 Å². The van der Waals surface area contributed by atoms with Crippen molar-refractivity contribution in [3.05, 3.63) is 11.6 Å². The zero-order valence-corrected chi connectivity index (χ0v) is 38.8. The zero-order valence-electron chi connectivity index (χ0n) is 38.8. The summed E-state index contributed by atoms with van der Waals surface area (Å²) in [5.41, 5.74) is -2.13. The van der Waals surface area contributed by atoms with Crippen LogP contribution in [0.4, 0.5) is 0 Å². The van der Waals surface area contributed by atoms with E-state index < -0.39 is 122 Å². The van der Waals surface area contributed by atoms with Crippen LogP contribution in [0.25, 0.3) is 0 Å². The zero-order chi connectivity index (χ0) is 47.6. The van der Waals surface area contributed by atoms with Crippen LogP contribution in [0.15, 0.2) is 11.6 Å². The summed E-state index contributed by atoms with van der Waals surface area (Å²) in [6.07, 6.45) is -11.6. The number of rotatable bonds is 14. The van der Waals surface area contributed by atoms with Crippen molar-refractivity contribution in [3.8, 4) is 0 Å². The lowest BCUT2D eigenvalue weighted by Crippen LogP contribution is -2.67. The van der Waals surface area contributed by atoms with Crippen LogP contribution >= 0.6 is 0 Å². The average molecular weight is 931 g/mol. The molecule has 0 aromatic heterocycles. The van der Waals surface area contributed by atoms with Crippen LogP contribution < -0.4 is 0 Å². The highest BCUT2D eigenvalue weighted by atomic mass is 16.8. The summed E-state index contributed by atoms with van der Waals surface area (Å²) in [4.78, 5) is 13.9. The summed E-state index contributed by atoms with van der Waals surface area (Å²) in [7, 11) is 0. The van der Waals surface area contributed by atoms with E-state index >= 15 is 0 Å². The lowest BCUT2D eigenvalue weighted by atomic mass is 9.35. The molecular weight excluding hydrogens is 852 g/mol. The molecule has 3 heterocycles. The summed E-state index contributed by atoms with van der Waals surface area (Å²) < 4.78 is 36.0. The van der Waals surface area contributed by atoms with E-state index in [2.05, 4.69) is 33.8 Å². The Kier molecular flexibility index (Phi) is 15.5. The first-order valence-electron chi connectivity index (χ1n) is 23.9. The van der Waals surface area contributed by atoms with Gasteiger partial charge in [-0.2, -0.15) is 0 Å². The minimum Gasteiger partial charge on any atom is -0.394 e. The molecule has 7 rings (SSSR count). The highest BCUT2D eigenvalue weighted by molar-refractivity contribution is 5.62. The van der Waals surface area contributed by atoms with E-state index in [-0.39, 0.29) is 47.7 Å². The van der Waals surface area contributed by atoms with Crippen LogP contribution in [-0.2, 0) is 33.2 Å². The molecule has 7 aliphatic rings. The standard InChI is InChI=1S/C47H78O18/c1-23(2)8-7-14-47(59,22-61-40-37(57)35(55)33(53)27(18-48)62-40)25-11-15-44(5)24(25)9-10-30-45(44,6)16-12-29-43(3,4)31(13-17-46(29,30)21-50)64-42-39(32(52)26(51)20-60-42)65-41-38(58)36(56)34(54)28(19-49)63-41/h8,21,24-42,48-49,51-59H,7,9-20,22H2,1-6H3/t24-,25+,26+,27-,28-,29-,30+,31-,32+,33-,34-,35+,36+,37-,38-,39-,40-,41+,42-,44-,45-,46+,47+/m1/s1. The van der Waals surface area contributed by atoms with E-state index in [0.29, 0.717) is 38.5 Å². The third kappa shape index (κ3) is 8.85. The molecule has 3 aliphatic heterocycles. The number of aldehydes is 1. The van der Waals surface area contributed by atoms with Gasteiger partial charge in [0.05, 0.1) is 38.1 Å². The Morgan fingerprint density at radius 2 is 1.31 bits per heavy atom. The Bertz CT molecular complexity index is 1660. The predicted octanol–water partition coefficient (Wildman–Crippen LogP) is -0.207. The lowest BCUT2D eigenvalue weighted by molar-refractivity contribution is -0.367. The minimum atomic E-state index is -1.76. The first-order valence-corrected chi connectivity index (χ1v) is 23.9. The molecule has 0 bridgehead atoms. The smallest absolute Gasteiger partial charge is 0.187 e. The van der Waals surface area contributed by atoms with Crippen molar-refractivity contribution in [2.45, 2.75) is 203 Å². The molecule has 18 heteroatoms. The van der Waals surface area contributed by atoms with Crippen molar-refractivity contribution >= 4 is 6.29 Å². The van der Waals surface area contributed by atoms with Crippen LogP contribution in [0.5, 0.6) is 0 Å². The second kappa shape index (κ2) is 19.5. The molecule has 374 valence electrons. The first-order chi connectivity index (χ1) is 30.5. The van der Waals surface area contributed by atoms with Gasteiger partial charge in [0.25, 0.3) is 0 Å². The summed E-state index contributed by atoms with van der Waals surface area (Å²) in [6.45, 7) is 11.1. The summed E-state index contributed by atoms with van der Waals surface area (Å²) in [5.74, 6) is -0.231. The van der Waals surface area contributed by atoms with Crippen molar-refractivity contribution in [2.24, 2.45) is 45.3 Å². The molecule has 4 aliphatic carbocycles. The summed E-state index contributed by atoms with van der Waals surface area (Å²) in [5, 5.41) is 117. The molecule has 7 fully saturated rings. The summed E-state index contributed by atoms with van der Waals surface area (Å²) >= 11 is 0. The molecule has 0 aromatic rings. The van der Waals surface area contributed by atoms with Crippen LogP contribution in [0.1, 0.15) is 106 Å². The van der Waals surface area contributed by atoms with E-state index in [1.807, 2.05) is 13.8 Å². The minimum absolute atomic E-state index is 0.0146. The fourth-order valence-electron chi connectivity index (χ4n) is 14.3. The van der Waals surface area contributed by atoms with E-state index in [4.69, 9.17) is 28.4 Å². The van der Waals surface area contributed by atoms with Crippen molar-refractivity contribution in [3.63, 3.8) is 0 Å². The molecule has 0 amide bonds. The van der Waals surface area contributed by atoms with E-state index in [9.17, 15) is 61.0 Å². The number of allylic oxidation sites excluding steroid dienone is 2. The highest BCUT2D eigenvalue weighted by Gasteiger charge is 2.71. The van der Waals surface area contributed by atoms with Gasteiger partial charge in [-0.3, -0.25) is 0 Å². The normalized spacial score (nSPS) is 50.6. The average Bonchev–Trinajstić information content (AvgIpc) is 3.64. The Hall–Kier alpha value is -1.27. The summed E-state index contributed by atoms with van der Waals surface area (Å²) in [6, 6.07) is 0. The van der Waals surface area contributed by atoms with Gasteiger partial charge >= 0.3 is 0 Å². The largest absolute Gasteiger partial charge is 0.394 e. The molecule has 0 aromatic carbocycles. The third-order valence-corrected chi connectivity index (χ3v) is 18.2. The Balaban J connectivity index is 1.10. The number of carbonyl (C=O) groups excluding carboxylic acids is 1. The van der Waals surface area contributed by atoms with Crippen LogP contribution in [0.3, 0.4) is 0 Å². The SMILES string of the molecule is CC(C)=CCC[C@](O)(CO[C@@H]1O[C@H](CO)[C@@H](O)[C@H](O)[C@H]1O)[C@H]1CC[C@]2(C)[C@@H]1CC[C@@H]1[C@]3(C=O)CC[C@@H](O[C@H]4OC[C@H](O)[C@H](O)[C@H]4O[C@@H]4O[C@H](CO)[C@@H](O)[C@H](O)[C@H]4O)C(C)(C)[C@H]3CC[C@]12C. The van der Waals surface area contributed by atoms with Crippen LogP contribution in [0, 0.1) is 45.3 Å². The second-order valence-electron chi connectivity index (χ2n) is 22.0. The number of fused-ring (bicyclic) bond motifs is 5. The van der Waals surface area contributed by atoms with Gasteiger partial charge in [0.15, 0.2) is 18.9 Å². The molecule has 18 nitrogen and oxygen atoms in total. The number of hydrogen-bond donors (Lipinski definition) is 11. The van der Waals surface area contributed by atoms with Gasteiger partial charge in [-0.1, -0.05) is 39.3 Å². The Morgan fingerprint density at radius 1 is 0.692 bits per heavy atom. The molecule has 23 atom stereocenters. The monoisotopic (exact) mass is 931 g/mol.